The van der Waals surface area contributed by atoms with Crippen LogP contribution in [0.4, 0.5) is 0 Å². The van der Waals surface area contributed by atoms with Crippen LogP contribution in [0, 0.1) is 16.2 Å². The maximum atomic E-state index is 11.5. The average molecular weight is 405 g/mol. The van der Waals surface area contributed by atoms with E-state index in [1.54, 1.807) is 0 Å². The Morgan fingerprint density at radius 1 is 1.40 bits per heavy atom. The lowest BCUT2D eigenvalue weighted by Gasteiger charge is -2.65. The highest BCUT2D eigenvalue weighted by Crippen LogP contribution is 2.82. The van der Waals surface area contributed by atoms with Crippen LogP contribution in [0.25, 0.3) is 0 Å². The number of hydrogen-bond donors (Lipinski definition) is 1. The Morgan fingerprint density at radius 2 is 1.93 bits per heavy atom. The third-order valence-electron chi connectivity index (χ3n) is 4.87. The second-order valence-electron chi connectivity index (χ2n) is 5.11. The zero-order valence-corrected chi connectivity index (χ0v) is 13.3. The minimum atomic E-state index is -0.664. The van der Waals surface area contributed by atoms with Crippen LogP contribution in [0.2, 0.25) is 0 Å². The first-order valence-corrected chi connectivity index (χ1v) is 7.65. The number of rotatable bonds is 2. The van der Waals surface area contributed by atoms with Gasteiger partial charge in [-0.1, -0.05) is 61.6 Å². The molecule has 1 N–H and O–H groups in total. The minimum absolute atomic E-state index is 0.00535. The molecule has 2 bridgehead atoms. The fourth-order valence-corrected chi connectivity index (χ4v) is 8.57. The van der Waals surface area contributed by atoms with Crippen LogP contribution in [0.15, 0.2) is 0 Å². The van der Waals surface area contributed by atoms with Gasteiger partial charge in [0.05, 0.1) is 9.15 Å². The predicted molar refractivity (Wildman–Crippen MR) is 69.9 cm³/mol. The van der Waals surface area contributed by atoms with Crippen molar-refractivity contribution in [2.75, 3.05) is 0 Å². The van der Waals surface area contributed by atoms with Crippen molar-refractivity contribution in [3.8, 4) is 0 Å². The van der Waals surface area contributed by atoms with Crippen molar-refractivity contribution in [1.29, 1.82) is 0 Å². The molecule has 3 atom stereocenters. The minimum Gasteiger partial charge on any atom is -0.481 e. The van der Waals surface area contributed by atoms with E-state index in [0.717, 1.165) is 12.8 Å². The molecule has 3 saturated carbocycles. The predicted octanol–water partition coefficient (Wildman–Crippen LogP) is 3.76. The fourth-order valence-electron chi connectivity index (χ4n) is 3.67. The van der Waals surface area contributed by atoms with Crippen LogP contribution in [-0.2, 0) is 4.79 Å². The Labute approximate surface area is 115 Å². The number of carboxylic acid groups (broad SMARTS) is 1. The van der Waals surface area contributed by atoms with Crippen molar-refractivity contribution in [3.63, 3.8) is 0 Å². The standard InChI is InChI=1S/C10H13Br3O2/c1-8(2)9(6(12)13)3-4-10(8,5(9)11)7(14)15/h5-6H,3-4H2,1-2H3,(H,14,15)/t5-,9+,10-/m1/s1. The van der Waals surface area contributed by atoms with E-state index in [1.165, 1.54) is 0 Å². The van der Waals surface area contributed by atoms with Gasteiger partial charge in [0.1, 0.15) is 0 Å². The van der Waals surface area contributed by atoms with Crippen molar-refractivity contribution >= 4 is 53.8 Å². The van der Waals surface area contributed by atoms with Gasteiger partial charge in [0.15, 0.2) is 0 Å². The molecule has 0 spiro atoms. The van der Waals surface area contributed by atoms with Gasteiger partial charge < -0.3 is 5.11 Å². The Morgan fingerprint density at radius 3 is 2.13 bits per heavy atom. The zero-order chi connectivity index (χ0) is 11.6. The first kappa shape index (κ1) is 12.4. The topological polar surface area (TPSA) is 37.3 Å². The van der Waals surface area contributed by atoms with E-state index < -0.39 is 11.4 Å². The summed E-state index contributed by atoms with van der Waals surface area (Å²) in [5.74, 6) is -0.664. The molecule has 3 aliphatic rings. The lowest BCUT2D eigenvalue weighted by Crippen LogP contribution is -2.70. The van der Waals surface area contributed by atoms with Crippen molar-refractivity contribution in [2.24, 2.45) is 16.2 Å². The summed E-state index contributed by atoms with van der Waals surface area (Å²) in [5, 5.41) is 9.45. The summed E-state index contributed by atoms with van der Waals surface area (Å²) >= 11 is 10.8. The molecule has 3 rings (SSSR count). The van der Waals surface area contributed by atoms with Crippen LogP contribution in [0.5, 0.6) is 0 Å². The highest BCUT2D eigenvalue weighted by atomic mass is 79.9. The summed E-state index contributed by atoms with van der Waals surface area (Å²) in [5.41, 5.74) is -0.768. The van der Waals surface area contributed by atoms with E-state index in [2.05, 4.69) is 61.6 Å². The summed E-state index contributed by atoms with van der Waals surface area (Å²) < 4.78 is 0.159. The molecule has 0 amide bonds. The zero-order valence-electron chi connectivity index (χ0n) is 8.56. The Hall–Kier alpha value is 0.910. The number of halogens is 3. The Kier molecular flexibility index (Phi) is 2.66. The molecule has 0 aromatic carbocycles. The molecule has 0 heterocycles. The molecule has 0 aliphatic heterocycles. The van der Waals surface area contributed by atoms with Gasteiger partial charge in [0, 0.05) is 10.2 Å². The Bertz CT molecular complexity index is 329. The number of hydrogen-bond acceptors (Lipinski definition) is 1. The van der Waals surface area contributed by atoms with Gasteiger partial charge in [0.25, 0.3) is 0 Å². The van der Waals surface area contributed by atoms with Gasteiger partial charge >= 0.3 is 5.97 Å². The number of fused-ring (bicyclic) bond motifs is 1. The van der Waals surface area contributed by atoms with Gasteiger partial charge in [-0.3, -0.25) is 4.79 Å². The third-order valence-corrected chi connectivity index (χ3v) is 8.10. The largest absolute Gasteiger partial charge is 0.481 e. The smallest absolute Gasteiger partial charge is 0.311 e. The van der Waals surface area contributed by atoms with Crippen LogP contribution in [-0.4, -0.2) is 19.6 Å². The molecule has 2 nitrogen and oxygen atoms in total. The van der Waals surface area contributed by atoms with E-state index in [-0.39, 0.29) is 19.4 Å². The average Bonchev–Trinajstić information content (AvgIpc) is 2.53. The van der Waals surface area contributed by atoms with E-state index in [1.807, 2.05) is 0 Å². The number of carbonyl (C=O) groups is 1. The molecular weight excluding hydrogens is 392 g/mol. The van der Waals surface area contributed by atoms with Crippen molar-refractivity contribution in [1.82, 2.24) is 0 Å². The van der Waals surface area contributed by atoms with Gasteiger partial charge in [-0.25, -0.2) is 0 Å². The molecule has 15 heavy (non-hydrogen) atoms. The second kappa shape index (κ2) is 3.22. The lowest BCUT2D eigenvalue weighted by atomic mass is 9.43. The van der Waals surface area contributed by atoms with Crippen LogP contribution >= 0.6 is 47.8 Å². The molecule has 0 aromatic heterocycles. The van der Waals surface area contributed by atoms with Crippen molar-refractivity contribution in [3.05, 3.63) is 0 Å². The first-order valence-electron chi connectivity index (χ1n) is 4.91. The maximum absolute atomic E-state index is 11.5. The normalized spacial score (nSPS) is 46.7. The van der Waals surface area contributed by atoms with Gasteiger partial charge in [-0.2, -0.15) is 0 Å². The summed E-state index contributed by atoms with van der Waals surface area (Å²) in [7, 11) is 0. The van der Waals surface area contributed by atoms with Crippen molar-refractivity contribution in [2.45, 2.75) is 35.3 Å². The second-order valence-corrected chi connectivity index (χ2v) is 9.08. The van der Waals surface area contributed by atoms with Gasteiger partial charge in [0.2, 0.25) is 0 Å². The molecule has 5 heteroatoms. The van der Waals surface area contributed by atoms with E-state index in [9.17, 15) is 9.90 Å². The Balaban J connectivity index is 2.50. The number of carboxylic acids is 1. The molecule has 0 aromatic rings. The highest BCUT2D eigenvalue weighted by Gasteiger charge is 2.83. The lowest BCUT2D eigenvalue weighted by molar-refractivity contribution is -0.179. The maximum Gasteiger partial charge on any atom is 0.311 e. The van der Waals surface area contributed by atoms with Crippen molar-refractivity contribution < 1.29 is 9.90 Å². The quantitative estimate of drug-likeness (QED) is 0.711. The molecule has 86 valence electrons. The summed E-state index contributed by atoms with van der Waals surface area (Å²) in [4.78, 5) is 11.5. The van der Waals surface area contributed by atoms with Crippen LogP contribution in [0.3, 0.4) is 0 Å². The molecule has 0 radical (unpaired) electrons. The summed E-state index contributed by atoms with van der Waals surface area (Å²) in [6.07, 6.45) is 1.71. The summed E-state index contributed by atoms with van der Waals surface area (Å²) in [6.45, 7) is 4.14. The molecule has 0 unspecified atom stereocenters. The fraction of sp³-hybridized carbons (Fsp3) is 0.900. The van der Waals surface area contributed by atoms with E-state index in [4.69, 9.17) is 0 Å². The molecule has 3 fully saturated rings. The molecule has 0 saturated heterocycles. The summed E-state index contributed by atoms with van der Waals surface area (Å²) in [6, 6.07) is 0. The van der Waals surface area contributed by atoms with Gasteiger partial charge in [-0.15, -0.1) is 0 Å². The number of aliphatic carboxylic acids is 1. The highest BCUT2D eigenvalue weighted by molar-refractivity contribution is 9.24. The molecule has 3 aliphatic carbocycles. The van der Waals surface area contributed by atoms with Crippen LogP contribution < -0.4 is 0 Å². The monoisotopic (exact) mass is 402 g/mol. The van der Waals surface area contributed by atoms with Crippen LogP contribution in [0.1, 0.15) is 26.7 Å². The van der Waals surface area contributed by atoms with E-state index in [0.29, 0.717) is 0 Å². The first-order chi connectivity index (χ1) is 6.75. The van der Waals surface area contributed by atoms with E-state index >= 15 is 0 Å². The number of alkyl halides is 3. The SMILES string of the molecule is CC1(C)[C@]2(C(=O)O)CC[C@@]1(C(Br)Br)[C@H]2Br. The van der Waals surface area contributed by atoms with Gasteiger partial charge in [-0.05, 0) is 18.3 Å². The third kappa shape index (κ3) is 0.998. The molecular formula is C10H13Br3O2.